The van der Waals surface area contributed by atoms with Crippen molar-refractivity contribution in [1.29, 1.82) is 0 Å². The summed E-state index contributed by atoms with van der Waals surface area (Å²) in [5.41, 5.74) is 3.91. The van der Waals surface area contributed by atoms with E-state index in [1.54, 1.807) is 6.92 Å². The quantitative estimate of drug-likeness (QED) is 0.552. The number of benzene rings is 2. The highest BCUT2D eigenvalue weighted by Crippen LogP contribution is 2.17. The topological polar surface area (TPSA) is 78.8 Å². The lowest BCUT2D eigenvalue weighted by Gasteiger charge is -2.21. The number of hydrazone groups is 1. The number of carbonyl (C=O) groups excluding carboxylic acids is 1. The fourth-order valence-electron chi connectivity index (χ4n) is 2.08. The van der Waals surface area contributed by atoms with Crippen molar-refractivity contribution in [3.8, 4) is 0 Å². The minimum Gasteiger partial charge on any atom is -0.271 e. The number of nitrogens with one attached hydrogen (secondary N) is 1. The Morgan fingerprint density at radius 2 is 1.73 bits per heavy atom. The Morgan fingerprint density at radius 3 is 2.27 bits per heavy atom. The fraction of sp³-hybridized carbons (Fsp3) is 0.176. The van der Waals surface area contributed by atoms with E-state index in [0.29, 0.717) is 5.71 Å². The van der Waals surface area contributed by atoms with E-state index < -0.39 is 28.3 Å². The van der Waals surface area contributed by atoms with Gasteiger partial charge in [0, 0.05) is 4.47 Å². The van der Waals surface area contributed by atoms with Crippen LogP contribution in [0.5, 0.6) is 0 Å². The molecule has 0 bridgehead atoms. The van der Waals surface area contributed by atoms with Gasteiger partial charge in [0.15, 0.2) is 0 Å². The van der Waals surface area contributed by atoms with Crippen molar-refractivity contribution in [3.05, 3.63) is 64.4 Å². The van der Waals surface area contributed by atoms with Gasteiger partial charge in [0.1, 0.15) is 12.4 Å². The summed E-state index contributed by atoms with van der Waals surface area (Å²) in [7, 11) is -3.72. The van der Waals surface area contributed by atoms with Gasteiger partial charge in [-0.25, -0.2) is 18.2 Å². The fourth-order valence-corrected chi connectivity index (χ4v) is 3.20. The van der Waals surface area contributed by atoms with Crippen LogP contribution in [0.4, 0.5) is 10.1 Å². The van der Waals surface area contributed by atoms with Crippen LogP contribution in [-0.2, 0) is 14.8 Å². The predicted molar refractivity (Wildman–Crippen MR) is 103 cm³/mol. The molecule has 0 saturated carbocycles. The van der Waals surface area contributed by atoms with E-state index in [-0.39, 0.29) is 5.69 Å². The van der Waals surface area contributed by atoms with Crippen LogP contribution < -0.4 is 9.73 Å². The zero-order valence-corrected chi connectivity index (χ0v) is 16.5. The van der Waals surface area contributed by atoms with Gasteiger partial charge in [-0.3, -0.25) is 9.10 Å². The minimum atomic E-state index is -3.72. The van der Waals surface area contributed by atoms with E-state index in [0.717, 1.165) is 32.7 Å². The van der Waals surface area contributed by atoms with Gasteiger partial charge in [-0.2, -0.15) is 5.10 Å². The van der Waals surface area contributed by atoms with Crippen molar-refractivity contribution in [2.24, 2.45) is 5.10 Å². The third-order valence-corrected chi connectivity index (χ3v) is 5.08. The molecule has 138 valence electrons. The zero-order valence-electron chi connectivity index (χ0n) is 14.1. The van der Waals surface area contributed by atoms with Gasteiger partial charge in [-0.15, -0.1) is 0 Å². The van der Waals surface area contributed by atoms with Gasteiger partial charge in [-0.05, 0) is 48.9 Å². The molecular weight excluding hydrogens is 425 g/mol. The first kappa shape index (κ1) is 20.1. The normalized spacial score (nSPS) is 11.9. The Morgan fingerprint density at radius 1 is 1.15 bits per heavy atom. The summed E-state index contributed by atoms with van der Waals surface area (Å²) in [6.45, 7) is 1.25. The molecule has 0 aliphatic carbocycles. The third-order valence-electron chi connectivity index (χ3n) is 3.41. The molecule has 2 aromatic rings. The van der Waals surface area contributed by atoms with Crippen LogP contribution in [0, 0.1) is 5.82 Å². The number of halogens is 2. The maximum atomic E-state index is 13.0. The van der Waals surface area contributed by atoms with Crippen molar-refractivity contribution in [1.82, 2.24) is 5.43 Å². The summed E-state index contributed by atoms with van der Waals surface area (Å²) in [6, 6.07) is 12.2. The van der Waals surface area contributed by atoms with Crippen LogP contribution >= 0.6 is 15.9 Å². The highest BCUT2D eigenvalue weighted by atomic mass is 79.9. The van der Waals surface area contributed by atoms with Gasteiger partial charge in [0.05, 0.1) is 17.7 Å². The summed E-state index contributed by atoms with van der Waals surface area (Å²) in [5, 5.41) is 3.99. The molecule has 0 heterocycles. The van der Waals surface area contributed by atoms with E-state index in [1.807, 2.05) is 24.3 Å². The second kappa shape index (κ2) is 8.41. The van der Waals surface area contributed by atoms with Crippen LogP contribution in [0.15, 0.2) is 58.1 Å². The Labute approximate surface area is 159 Å². The lowest BCUT2D eigenvalue weighted by molar-refractivity contribution is -0.119. The summed E-state index contributed by atoms with van der Waals surface area (Å²) >= 11 is 3.33. The van der Waals surface area contributed by atoms with Crippen LogP contribution in [0.1, 0.15) is 12.5 Å². The summed E-state index contributed by atoms with van der Waals surface area (Å²) < 4.78 is 38.7. The SMILES string of the molecule is C/C(=N/NC(=O)CN(c1ccc(F)cc1)S(C)(=O)=O)c1ccc(Br)cc1. The van der Waals surface area contributed by atoms with Crippen molar-refractivity contribution in [2.45, 2.75) is 6.92 Å². The molecule has 1 N–H and O–H groups in total. The Kier molecular flexibility index (Phi) is 6.49. The van der Waals surface area contributed by atoms with Crippen molar-refractivity contribution in [2.75, 3.05) is 17.1 Å². The Bertz CT molecular complexity index is 913. The molecule has 0 aliphatic heterocycles. The van der Waals surface area contributed by atoms with E-state index in [9.17, 15) is 17.6 Å². The van der Waals surface area contributed by atoms with E-state index in [1.165, 1.54) is 12.1 Å². The molecular formula is C17H17BrFN3O3S. The number of carbonyl (C=O) groups is 1. The zero-order chi connectivity index (χ0) is 19.3. The first-order valence-corrected chi connectivity index (χ1v) is 10.1. The molecule has 0 spiro atoms. The standard InChI is InChI=1S/C17H17BrFN3O3S/c1-12(13-3-5-14(18)6-4-13)20-21-17(23)11-22(26(2,24)25)16-9-7-15(19)8-10-16/h3-10H,11H2,1-2H3,(H,21,23)/b20-12-. The number of amides is 1. The molecule has 0 unspecified atom stereocenters. The molecule has 0 aliphatic rings. The molecule has 1 amide bonds. The number of nitrogens with zero attached hydrogens (tertiary/aromatic N) is 2. The molecule has 26 heavy (non-hydrogen) atoms. The summed E-state index contributed by atoms with van der Waals surface area (Å²) in [6.07, 6.45) is 0.972. The number of hydrogen-bond acceptors (Lipinski definition) is 4. The highest BCUT2D eigenvalue weighted by molar-refractivity contribution is 9.10. The van der Waals surface area contributed by atoms with E-state index >= 15 is 0 Å². The number of anilines is 1. The first-order chi connectivity index (χ1) is 12.2. The third kappa shape index (κ3) is 5.63. The lowest BCUT2D eigenvalue weighted by atomic mass is 10.1. The maximum absolute atomic E-state index is 13.0. The van der Waals surface area contributed by atoms with Crippen LogP contribution in [0.2, 0.25) is 0 Å². The van der Waals surface area contributed by atoms with Gasteiger partial charge in [0.25, 0.3) is 5.91 Å². The minimum absolute atomic E-state index is 0.192. The Balaban J connectivity index is 2.11. The molecule has 9 heteroatoms. The Hall–Kier alpha value is -2.26. The smallest absolute Gasteiger partial charge is 0.260 e. The van der Waals surface area contributed by atoms with Crippen LogP contribution in [0.3, 0.4) is 0 Å². The second-order valence-electron chi connectivity index (χ2n) is 5.49. The van der Waals surface area contributed by atoms with Gasteiger partial charge >= 0.3 is 0 Å². The maximum Gasteiger partial charge on any atom is 0.260 e. The molecule has 0 aromatic heterocycles. The number of sulfonamides is 1. The van der Waals surface area contributed by atoms with Gasteiger partial charge in [0.2, 0.25) is 10.0 Å². The highest BCUT2D eigenvalue weighted by Gasteiger charge is 2.20. The van der Waals surface area contributed by atoms with Crippen LogP contribution in [-0.4, -0.2) is 32.8 Å². The number of rotatable bonds is 6. The average molecular weight is 442 g/mol. The molecule has 0 atom stereocenters. The molecule has 2 rings (SSSR count). The van der Waals surface area contributed by atoms with E-state index in [2.05, 4.69) is 26.5 Å². The van der Waals surface area contributed by atoms with Crippen molar-refractivity contribution < 1.29 is 17.6 Å². The molecule has 0 radical (unpaired) electrons. The average Bonchev–Trinajstić information content (AvgIpc) is 2.58. The van der Waals surface area contributed by atoms with Crippen molar-refractivity contribution in [3.63, 3.8) is 0 Å². The lowest BCUT2D eigenvalue weighted by Crippen LogP contribution is -2.39. The molecule has 2 aromatic carbocycles. The van der Waals surface area contributed by atoms with Gasteiger partial charge < -0.3 is 0 Å². The predicted octanol–water partition coefficient (Wildman–Crippen LogP) is 2.89. The van der Waals surface area contributed by atoms with Crippen molar-refractivity contribution >= 4 is 43.3 Å². The largest absolute Gasteiger partial charge is 0.271 e. The molecule has 0 fully saturated rings. The molecule has 0 saturated heterocycles. The summed E-state index contributed by atoms with van der Waals surface area (Å²) in [5.74, 6) is -1.11. The summed E-state index contributed by atoms with van der Waals surface area (Å²) in [4.78, 5) is 12.1. The molecule has 6 nitrogen and oxygen atoms in total. The monoisotopic (exact) mass is 441 g/mol. The van der Waals surface area contributed by atoms with Crippen LogP contribution in [0.25, 0.3) is 0 Å². The second-order valence-corrected chi connectivity index (χ2v) is 8.31. The van der Waals surface area contributed by atoms with E-state index in [4.69, 9.17) is 0 Å². The van der Waals surface area contributed by atoms with Gasteiger partial charge in [-0.1, -0.05) is 28.1 Å². The first-order valence-electron chi connectivity index (χ1n) is 7.49. The number of hydrogen-bond donors (Lipinski definition) is 1.